The Kier molecular flexibility index (Phi) is 3.17. The molecule has 1 aliphatic carbocycles. The number of hydrogen-bond acceptors (Lipinski definition) is 3. The highest BCUT2D eigenvalue weighted by molar-refractivity contribution is 5.38. The van der Waals surface area contributed by atoms with Gasteiger partial charge in [0.05, 0.1) is 7.11 Å². The highest BCUT2D eigenvalue weighted by atomic mass is 16.5. The molecule has 3 heteroatoms. The van der Waals surface area contributed by atoms with Crippen molar-refractivity contribution in [3.63, 3.8) is 0 Å². The van der Waals surface area contributed by atoms with Crippen LogP contribution in [-0.4, -0.2) is 20.7 Å². The van der Waals surface area contributed by atoms with E-state index in [1.807, 2.05) is 25.2 Å². The monoisotopic (exact) mass is 220 g/mol. The molecule has 0 saturated heterocycles. The van der Waals surface area contributed by atoms with Gasteiger partial charge in [-0.15, -0.1) is 0 Å². The summed E-state index contributed by atoms with van der Waals surface area (Å²) in [4.78, 5) is 0. The number of rotatable bonds is 5. The Hall–Kier alpha value is -1.06. The molecule has 0 aromatic heterocycles. The van der Waals surface area contributed by atoms with Crippen LogP contribution < -0.4 is 15.8 Å². The highest BCUT2D eigenvalue weighted by Crippen LogP contribution is 2.54. The van der Waals surface area contributed by atoms with Crippen LogP contribution in [0.5, 0.6) is 5.75 Å². The minimum Gasteiger partial charge on any atom is -0.496 e. The normalized spacial score (nSPS) is 19.2. The van der Waals surface area contributed by atoms with Crippen LogP contribution in [0.25, 0.3) is 0 Å². The molecule has 0 amide bonds. The number of benzene rings is 1. The van der Waals surface area contributed by atoms with Crippen LogP contribution in [0.4, 0.5) is 0 Å². The van der Waals surface area contributed by atoms with E-state index in [-0.39, 0.29) is 11.5 Å². The van der Waals surface area contributed by atoms with Gasteiger partial charge in [0.1, 0.15) is 5.75 Å². The van der Waals surface area contributed by atoms with Gasteiger partial charge in [0.15, 0.2) is 0 Å². The molecule has 3 nitrogen and oxygen atoms in total. The van der Waals surface area contributed by atoms with Crippen molar-refractivity contribution in [2.75, 3.05) is 20.7 Å². The van der Waals surface area contributed by atoms with Crippen molar-refractivity contribution in [1.29, 1.82) is 0 Å². The topological polar surface area (TPSA) is 47.3 Å². The van der Waals surface area contributed by atoms with E-state index in [0.29, 0.717) is 0 Å². The number of methoxy groups -OCH3 is 1. The zero-order chi connectivity index (χ0) is 11.6. The molecule has 0 radical (unpaired) electrons. The van der Waals surface area contributed by atoms with E-state index < -0.39 is 0 Å². The largest absolute Gasteiger partial charge is 0.496 e. The summed E-state index contributed by atoms with van der Waals surface area (Å²) in [6.07, 6.45) is 2.40. The lowest BCUT2D eigenvalue weighted by Gasteiger charge is -2.24. The molecule has 0 spiro atoms. The molecule has 0 heterocycles. The lowest BCUT2D eigenvalue weighted by molar-refractivity contribution is 0.363. The predicted molar refractivity (Wildman–Crippen MR) is 65.5 cm³/mol. The molecular formula is C13H20N2O. The number of nitrogens with one attached hydrogen (secondary N) is 1. The summed E-state index contributed by atoms with van der Waals surface area (Å²) in [7, 11) is 3.68. The van der Waals surface area contributed by atoms with Crippen molar-refractivity contribution in [1.82, 2.24) is 5.32 Å². The number of hydrogen-bond donors (Lipinski definition) is 2. The van der Waals surface area contributed by atoms with Gasteiger partial charge in [0, 0.05) is 23.6 Å². The third kappa shape index (κ3) is 1.93. The summed E-state index contributed by atoms with van der Waals surface area (Å²) >= 11 is 0. The van der Waals surface area contributed by atoms with Crippen LogP contribution in [-0.2, 0) is 0 Å². The Balaban J connectivity index is 2.23. The van der Waals surface area contributed by atoms with Crippen LogP contribution in [0.3, 0.4) is 0 Å². The number of para-hydroxylation sites is 1. The van der Waals surface area contributed by atoms with Crippen LogP contribution in [0.1, 0.15) is 24.4 Å². The minimum absolute atomic E-state index is 0.0658. The first-order valence-electron chi connectivity index (χ1n) is 5.76. The fourth-order valence-electron chi connectivity index (χ4n) is 2.36. The third-order valence-corrected chi connectivity index (χ3v) is 3.55. The Morgan fingerprint density at radius 3 is 2.69 bits per heavy atom. The molecule has 2 rings (SSSR count). The van der Waals surface area contributed by atoms with E-state index >= 15 is 0 Å². The van der Waals surface area contributed by atoms with Gasteiger partial charge >= 0.3 is 0 Å². The minimum atomic E-state index is 0.0658. The van der Waals surface area contributed by atoms with Crippen LogP contribution in [0, 0.1) is 5.41 Å². The lowest BCUT2D eigenvalue weighted by Crippen LogP contribution is -2.31. The Morgan fingerprint density at radius 2 is 2.12 bits per heavy atom. The Labute approximate surface area is 97.0 Å². The van der Waals surface area contributed by atoms with Crippen molar-refractivity contribution in [3.05, 3.63) is 29.8 Å². The molecule has 88 valence electrons. The van der Waals surface area contributed by atoms with Gasteiger partial charge in [0.25, 0.3) is 0 Å². The van der Waals surface area contributed by atoms with E-state index in [0.717, 1.165) is 17.9 Å². The van der Waals surface area contributed by atoms with Crippen molar-refractivity contribution in [3.8, 4) is 5.75 Å². The lowest BCUT2D eigenvalue weighted by atomic mass is 9.90. The third-order valence-electron chi connectivity index (χ3n) is 3.55. The maximum atomic E-state index is 6.38. The summed E-state index contributed by atoms with van der Waals surface area (Å²) in [5.74, 6) is 0.900. The molecule has 0 bridgehead atoms. The van der Waals surface area contributed by atoms with Crippen molar-refractivity contribution >= 4 is 0 Å². The smallest absolute Gasteiger partial charge is 0.123 e. The molecule has 1 saturated carbocycles. The van der Waals surface area contributed by atoms with Crippen LogP contribution in [0.15, 0.2) is 24.3 Å². The van der Waals surface area contributed by atoms with Gasteiger partial charge in [-0.1, -0.05) is 18.2 Å². The molecule has 1 aromatic carbocycles. The van der Waals surface area contributed by atoms with E-state index in [1.54, 1.807) is 7.11 Å². The fourth-order valence-corrected chi connectivity index (χ4v) is 2.36. The molecule has 1 fully saturated rings. The van der Waals surface area contributed by atoms with Crippen molar-refractivity contribution < 1.29 is 4.74 Å². The maximum Gasteiger partial charge on any atom is 0.123 e. The Bertz CT molecular complexity index is 361. The summed E-state index contributed by atoms with van der Waals surface area (Å²) in [5.41, 5.74) is 7.74. The average Bonchev–Trinajstić information content (AvgIpc) is 3.09. The molecule has 3 N–H and O–H groups in total. The molecule has 1 atom stereocenters. The summed E-state index contributed by atoms with van der Waals surface area (Å²) in [5, 5.41) is 3.24. The SMILES string of the molecule is CNCC1(C(N)c2ccccc2OC)CC1. The van der Waals surface area contributed by atoms with Gasteiger partial charge in [-0.3, -0.25) is 0 Å². The number of ether oxygens (including phenoxy) is 1. The first kappa shape index (κ1) is 11.4. The molecule has 1 unspecified atom stereocenters. The van der Waals surface area contributed by atoms with Crippen LogP contribution >= 0.6 is 0 Å². The molecule has 16 heavy (non-hydrogen) atoms. The molecule has 1 aromatic rings. The fraction of sp³-hybridized carbons (Fsp3) is 0.538. The molecule has 1 aliphatic rings. The van der Waals surface area contributed by atoms with Gasteiger partial charge in [-0.2, -0.15) is 0 Å². The second-order valence-electron chi connectivity index (χ2n) is 4.61. The first-order valence-corrected chi connectivity index (χ1v) is 5.76. The van der Waals surface area contributed by atoms with Gasteiger partial charge < -0.3 is 15.8 Å². The van der Waals surface area contributed by atoms with Crippen molar-refractivity contribution in [2.45, 2.75) is 18.9 Å². The molecular weight excluding hydrogens is 200 g/mol. The second kappa shape index (κ2) is 4.44. The summed E-state index contributed by atoms with van der Waals surface area (Å²) in [6.45, 7) is 0.978. The van der Waals surface area contributed by atoms with Crippen molar-refractivity contribution in [2.24, 2.45) is 11.1 Å². The first-order chi connectivity index (χ1) is 7.73. The zero-order valence-corrected chi connectivity index (χ0v) is 9.99. The number of nitrogens with two attached hydrogens (primary N) is 1. The van der Waals surface area contributed by atoms with E-state index in [1.165, 1.54) is 12.8 Å². The summed E-state index contributed by atoms with van der Waals surface area (Å²) < 4.78 is 5.37. The quantitative estimate of drug-likeness (QED) is 0.794. The van der Waals surface area contributed by atoms with E-state index in [9.17, 15) is 0 Å². The van der Waals surface area contributed by atoms with E-state index in [2.05, 4.69) is 11.4 Å². The van der Waals surface area contributed by atoms with Crippen LogP contribution in [0.2, 0.25) is 0 Å². The predicted octanol–water partition coefficient (Wildman–Crippen LogP) is 1.69. The second-order valence-corrected chi connectivity index (χ2v) is 4.61. The molecule has 0 aliphatic heterocycles. The standard InChI is InChI=1S/C13H20N2O/c1-15-9-13(7-8-13)12(14)10-5-3-4-6-11(10)16-2/h3-6,12,15H,7-9,14H2,1-2H3. The Morgan fingerprint density at radius 1 is 1.44 bits per heavy atom. The zero-order valence-electron chi connectivity index (χ0n) is 9.99. The van der Waals surface area contributed by atoms with Gasteiger partial charge in [-0.05, 0) is 26.0 Å². The van der Waals surface area contributed by atoms with E-state index in [4.69, 9.17) is 10.5 Å². The maximum absolute atomic E-state index is 6.38. The van der Waals surface area contributed by atoms with Gasteiger partial charge in [-0.25, -0.2) is 0 Å². The average molecular weight is 220 g/mol. The highest BCUT2D eigenvalue weighted by Gasteiger charge is 2.48. The summed E-state index contributed by atoms with van der Waals surface area (Å²) in [6, 6.07) is 8.11. The van der Waals surface area contributed by atoms with Gasteiger partial charge in [0.2, 0.25) is 0 Å².